The Balaban J connectivity index is 0. The van der Waals surface area contributed by atoms with Gasteiger partial charge in [0.15, 0.2) is 5.25 Å². The molecule has 0 aromatic carbocycles. The minimum absolute atomic E-state index is 0. The van der Waals surface area contributed by atoms with E-state index in [2.05, 4.69) is 4.74 Å². The molecule has 0 heterocycles. The summed E-state index contributed by atoms with van der Waals surface area (Å²) in [5, 5.41) is 14.4. The van der Waals surface area contributed by atoms with Gasteiger partial charge in [-0.2, -0.15) is 8.42 Å². The molecule has 0 saturated carbocycles. The first-order valence-corrected chi connectivity index (χ1v) is 5.25. The Hall–Kier alpha value is -1.23. The third kappa shape index (κ3) is 6.29. The van der Waals surface area contributed by atoms with Gasteiger partial charge >= 0.3 is 11.9 Å². The predicted molar refractivity (Wildman–Crippen MR) is 49.2 cm³/mol. The summed E-state index contributed by atoms with van der Waals surface area (Å²) in [4.78, 5) is 21.2. The Labute approximate surface area is 90.7 Å². The molecule has 0 aliphatic carbocycles. The smallest absolute Gasteiger partial charge is 0.327 e. The van der Waals surface area contributed by atoms with Crippen LogP contribution >= 0.6 is 0 Å². The Morgan fingerprint density at radius 1 is 1.31 bits per heavy atom. The first-order valence-electron chi connectivity index (χ1n) is 3.74. The second-order valence-corrected chi connectivity index (χ2v) is 4.09. The second-order valence-electron chi connectivity index (χ2n) is 2.49. The van der Waals surface area contributed by atoms with Crippen molar-refractivity contribution in [1.82, 2.24) is 0 Å². The highest BCUT2D eigenvalue weighted by Gasteiger charge is 2.34. The summed E-state index contributed by atoms with van der Waals surface area (Å²) in [6, 6.07) is 0. The fourth-order valence-electron chi connectivity index (χ4n) is 0.708. The molecule has 0 spiro atoms. The first-order chi connectivity index (χ1) is 6.79. The number of aliphatic hydroxyl groups is 1. The molecule has 1 unspecified atom stereocenters. The van der Waals surface area contributed by atoms with Crippen molar-refractivity contribution in [3.63, 3.8) is 0 Å². The van der Waals surface area contributed by atoms with Crippen LogP contribution in [0.4, 0.5) is 0 Å². The van der Waals surface area contributed by atoms with Crippen molar-refractivity contribution in [2.24, 2.45) is 0 Å². The summed E-state index contributed by atoms with van der Waals surface area (Å²) in [7, 11) is -4.83. The average Bonchev–Trinajstić information content (AvgIpc) is 2.08. The van der Waals surface area contributed by atoms with Crippen molar-refractivity contribution in [3.05, 3.63) is 0 Å². The summed E-state index contributed by atoms with van der Waals surface area (Å²) < 4.78 is 33.9. The van der Waals surface area contributed by atoms with E-state index in [9.17, 15) is 18.0 Å². The van der Waals surface area contributed by atoms with Crippen LogP contribution in [-0.2, 0) is 24.4 Å². The molecular weight excluding hydrogens is 248 g/mol. The topological polar surface area (TPSA) is 170 Å². The van der Waals surface area contributed by atoms with Crippen molar-refractivity contribution in [1.29, 1.82) is 0 Å². The van der Waals surface area contributed by atoms with Crippen LogP contribution in [0.25, 0.3) is 0 Å². The van der Waals surface area contributed by atoms with Gasteiger partial charge in [-0.25, -0.2) is 0 Å². The van der Waals surface area contributed by atoms with Gasteiger partial charge in [0.2, 0.25) is 0 Å². The normalized spacial score (nSPS) is 12.4. The number of rotatable bonds is 6. The lowest BCUT2D eigenvalue weighted by Crippen LogP contribution is -2.34. The molecule has 10 heteroatoms. The maximum absolute atomic E-state index is 10.9. The number of hydrogen-bond donors (Lipinski definition) is 3. The fraction of sp³-hybridized carbons (Fsp3) is 0.667. The van der Waals surface area contributed by atoms with Gasteiger partial charge in [-0.05, 0) is 0 Å². The number of aliphatic hydroxyl groups excluding tert-OH is 1. The maximum Gasteiger partial charge on any atom is 0.327 e. The lowest BCUT2D eigenvalue weighted by molar-refractivity contribution is -0.148. The standard InChI is InChI=1S/C6H10O8S.H2O/c7-1-2-14-6(10)4(3-5(8)9)15(11,12)13;/h4,7H,1-3H2,(H,8,9)(H,11,12,13);1H2. The van der Waals surface area contributed by atoms with E-state index in [1.54, 1.807) is 0 Å². The molecule has 0 aliphatic rings. The quantitative estimate of drug-likeness (QED) is 0.345. The van der Waals surface area contributed by atoms with Crippen LogP contribution in [0.2, 0.25) is 0 Å². The van der Waals surface area contributed by atoms with Crippen LogP contribution in [0, 0.1) is 0 Å². The van der Waals surface area contributed by atoms with Crippen LogP contribution in [0.1, 0.15) is 6.42 Å². The molecule has 16 heavy (non-hydrogen) atoms. The van der Waals surface area contributed by atoms with Gasteiger partial charge in [-0.3, -0.25) is 14.1 Å². The second kappa shape index (κ2) is 7.11. The van der Waals surface area contributed by atoms with Crippen molar-refractivity contribution >= 4 is 22.1 Å². The number of esters is 1. The summed E-state index contributed by atoms with van der Waals surface area (Å²) in [5.41, 5.74) is 0. The molecule has 0 amide bonds. The van der Waals surface area contributed by atoms with Crippen molar-refractivity contribution in [3.8, 4) is 0 Å². The molecule has 9 nitrogen and oxygen atoms in total. The van der Waals surface area contributed by atoms with E-state index in [0.717, 1.165) is 0 Å². The van der Waals surface area contributed by atoms with Gasteiger partial charge in [-0.15, -0.1) is 0 Å². The Kier molecular flexibility index (Phi) is 7.63. The summed E-state index contributed by atoms with van der Waals surface area (Å²) in [6.45, 7) is -0.999. The van der Waals surface area contributed by atoms with Crippen LogP contribution in [0.3, 0.4) is 0 Å². The molecule has 0 aromatic rings. The highest BCUT2D eigenvalue weighted by atomic mass is 32.2. The molecule has 1 atom stereocenters. The predicted octanol–water partition coefficient (Wildman–Crippen LogP) is -2.57. The van der Waals surface area contributed by atoms with E-state index >= 15 is 0 Å². The third-order valence-corrected chi connectivity index (χ3v) is 2.40. The van der Waals surface area contributed by atoms with Crippen molar-refractivity contribution in [2.45, 2.75) is 11.7 Å². The van der Waals surface area contributed by atoms with Crippen LogP contribution in [-0.4, -0.2) is 59.1 Å². The number of carbonyl (C=O) groups is 2. The van der Waals surface area contributed by atoms with Crippen LogP contribution in [0.15, 0.2) is 0 Å². The SMILES string of the molecule is O.O=C(O)CC(C(=O)OCCO)S(=O)(=O)O. The number of aliphatic carboxylic acids is 1. The monoisotopic (exact) mass is 260 g/mol. The molecule has 0 aromatic heterocycles. The molecule has 0 bridgehead atoms. The zero-order chi connectivity index (χ0) is 12.1. The van der Waals surface area contributed by atoms with E-state index in [-0.39, 0.29) is 5.48 Å². The van der Waals surface area contributed by atoms with Crippen LogP contribution < -0.4 is 0 Å². The molecular formula is C6H12O9S. The van der Waals surface area contributed by atoms with E-state index in [1.165, 1.54) is 0 Å². The summed E-state index contributed by atoms with van der Waals surface area (Å²) >= 11 is 0. The molecule has 0 aliphatic heterocycles. The van der Waals surface area contributed by atoms with Crippen LogP contribution in [0.5, 0.6) is 0 Å². The van der Waals surface area contributed by atoms with E-state index in [4.69, 9.17) is 14.8 Å². The van der Waals surface area contributed by atoms with Gasteiger partial charge in [0, 0.05) is 0 Å². The van der Waals surface area contributed by atoms with Gasteiger partial charge in [0.1, 0.15) is 6.61 Å². The van der Waals surface area contributed by atoms with E-state index in [0.29, 0.717) is 0 Å². The third-order valence-electron chi connectivity index (χ3n) is 1.32. The molecule has 0 saturated heterocycles. The summed E-state index contributed by atoms with van der Waals surface area (Å²) in [6.07, 6.45) is -1.09. The minimum Gasteiger partial charge on any atom is -0.481 e. The fourth-order valence-corrected chi connectivity index (χ4v) is 1.37. The highest BCUT2D eigenvalue weighted by Crippen LogP contribution is 2.07. The summed E-state index contributed by atoms with van der Waals surface area (Å²) in [5.74, 6) is -2.98. The van der Waals surface area contributed by atoms with Gasteiger partial charge in [-0.1, -0.05) is 0 Å². The molecule has 96 valence electrons. The van der Waals surface area contributed by atoms with Gasteiger partial charge < -0.3 is 20.4 Å². The largest absolute Gasteiger partial charge is 0.481 e. The number of ether oxygens (including phenoxy) is 1. The lowest BCUT2D eigenvalue weighted by Gasteiger charge is -2.10. The minimum atomic E-state index is -4.83. The van der Waals surface area contributed by atoms with E-state index in [1.807, 2.05) is 0 Å². The molecule has 0 fully saturated rings. The molecule has 0 radical (unpaired) electrons. The zero-order valence-electron chi connectivity index (χ0n) is 7.99. The average molecular weight is 260 g/mol. The van der Waals surface area contributed by atoms with E-state index < -0.39 is 46.9 Å². The number of hydrogen-bond acceptors (Lipinski definition) is 6. The Morgan fingerprint density at radius 2 is 1.81 bits per heavy atom. The molecule has 0 rings (SSSR count). The number of carboxylic acids is 1. The lowest BCUT2D eigenvalue weighted by atomic mass is 10.3. The van der Waals surface area contributed by atoms with Crippen molar-refractivity contribution in [2.75, 3.05) is 13.2 Å². The van der Waals surface area contributed by atoms with Crippen molar-refractivity contribution < 1.29 is 43.0 Å². The highest BCUT2D eigenvalue weighted by molar-refractivity contribution is 7.87. The Morgan fingerprint density at radius 3 is 2.12 bits per heavy atom. The first kappa shape index (κ1) is 17.2. The van der Waals surface area contributed by atoms with Gasteiger partial charge in [0.25, 0.3) is 10.1 Å². The zero-order valence-corrected chi connectivity index (χ0v) is 8.81. The van der Waals surface area contributed by atoms with Gasteiger partial charge in [0.05, 0.1) is 13.0 Å². The maximum atomic E-state index is 10.9. The number of carboxylic acid groups (broad SMARTS) is 1. The Bertz CT molecular complexity index is 332. The molecule has 5 N–H and O–H groups in total. The number of carbonyl (C=O) groups excluding carboxylic acids is 1.